The molecule has 4 rings (SSSR count). The Morgan fingerprint density at radius 3 is 2.44 bits per heavy atom. The van der Waals surface area contributed by atoms with Gasteiger partial charge in [0, 0.05) is 44.2 Å². The Bertz CT molecular complexity index is 976. The maximum Gasteiger partial charge on any atom is 0.254 e. The van der Waals surface area contributed by atoms with Crippen LogP contribution < -0.4 is 5.32 Å². The molecule has 0 aromatic heterocycles. The van der Waals surface area contributed by atoms with Gasteiger partial charge in [0.25, 0.3) is 5.91 Å². The minimum absolute atomic E-state index is 0.00129. The first kappa shape index (κ1) is 22.3. The molecule has 0 aliphatic carbocycles. The van der Waals surface area contributed by atoms with Crippen molar-refractivity contribution in [2.45, 2.75) is 39.0 Å². The SMILES string of the molecule is CCCNC(=O)C1CCN(C(=O)C2CCCN(C(=O)c3cccc4ccccc34)C2)CC1. The quantitative estimate of drug-likeness (QED) is 0.782. The number of nitrogens with zero attached hydrogens (tertiary/aromatic N) is 2. The van der Waals surface area contributed by atoms with Crippen molar-refractivity contribution >= 4 is 28.5 Å². The molecule has 2 aliphatic rings. The topological polar surface area (TPSA) is 69.7 Å². The third kappa shape index (κ3) is 4.79. The van der Waals surface area contributed by atoms with Crippen molar-refractivity contribution in [2.24, 2.45) is 11.8 Å². The fraction of sp³-hybridized carbons (Fsp3) is 0.500. The smallest absolute Gasteiger partial charge is 0.254 e. The lowest BCUT2D eigenvalue weighted by Crippen LogP contribution is -2.49. The molecule has 1 N–H and O–H groups in total. The van der Waals surface area contributed by atoms with E-state index in [1.807, 2.05) is 59.2 Å². The summed E-state index contributed by atoms with van der Waals surface area (Å²) in [5.74, 6) is 0.0939. The molecule has 2 fully saturated rings. The van der Waals surface area contributed by atoms with E-state index in [1.165, 1.54) is 0 Å². The van der Waals surface area contributed by atoms with E-state index in [2.05, 4.69) is 5.32 Å². The summed E-state index contributed by atoms with van der Waals surface area (Å²) >= 11 is 0. The number of nitrogens with one attached hydrogen (secondary N) is 1. The summed E-state index contributed by atoms with van der Waals surface area (Å²) in [6, 6.07) is 13.7. The molecule has 0 spiro atoms. The molecule has 2 saturated heterocycles. The van der Waals surface area contributed by atoms with Crippen LogP contribution in [0.15, 0.2) is 42.5 Å². The fourth-order valence-corrected chi connectivity index (χ4v) is 4.96. The summed E-state index contributed by atoms with van der Waals surface area (Å²) in [5.41, 5.74) is 0.704. The molecule has 2 aliphatic heterocycles. The molecule has 0 radical (unpaired) electrons. The third-order valence-electron chi connectivity index (χ3n) is 6.80. The van der Waals surface area contributed by atoms with Crippen LogP contribution in [0.5, 0.6) is 0 Å². The predicted molar refractivity (Wildman–Crippen MR) is 125 cm³/mol. The molecule has 0 bridgehead atoms. The Morgan fingerprint density at radius 2 is 1.66 bits per heavy atom. The number of fused-ring (bicyclic) bond motifs is 1. The third-order valence-corrected chi connectivity index (χ3v) is 6.80. The van der Waals surface area contributed by atoms with Crippen LogP contribution in [0.4, 0.5) is 0 Å². The minimum Gasteiger partial charge on any atom is -0.356 e. The molecule has 1 unspecified atom stereocenters. The molecule has 0 saturated carbocycles. The number of hydrogen-bond donors (Lipinski definition) is 1. The van der Waals surface area contributed by atoms with Crippen molar-refractivity contribution in [1.82, 2.24) is 15.1 Å². The second-order valence-electron chi connectivity index (χ2n) is 9.01. The van der Waals surface area contributed by atoms with Gasteiger partial charge in [-0.1, -0.05) is 43.3 Å². The lowest BCUT2D eigenvalue weighted by molar-refractivity contribution is -0.140. The number of likely N-dealkylation sites (tertiary alicyclic amines) is 2. The molecule has 3 amide bonds. The Hall–Kier alpha value is -2.89. The molecule has 32 heavy (non-hydrogen) atoms. The fourth-order valence-electron chi connectivity index (χ4n) is 4.96. The van der Waals surface area contributed by atoms with Crippen molar-refractivity contribution in [1.29, 1.82) is 0 Å². The van der Waals surface area contributed by atoms with Crippen LogP contribution in [-0.4, -0.2) is 60.2 Å². The number of piperidine rings is 2. The Kier molecular flexibility index (Phi) is 7.08. The summed E-state index contributed by atoms with van der Waals surface area (Å²) < 4.78 is 0. The van der Waals surface area contributed by atoms with E-state index in [0.717, 1.165) is 30.0 Å². The highest BCUT2D eigenvalue weighted by atomic mass is 16.2. The van der Waals surface area contributed by atoms with Gasteiger partial charge in [-0.2, -0.15) is 0 Å². The summed E-state index contributed by atoms with van der Waals surface area (Å²) in [6.45, 7) is 5.15. The molecule has 2 aromatic carbocycles. The van der Waals surface area contributed by atoms with Crippen molar-refractivity contribution < 1.29 is 14.4 Å². The molecule has 2 heterocycles. The van der Waals surface area contributed by atoms with Crippen LogP contribution in [0, 0.1) is 11.8 Å². The van der Waals surface area contributed by atoms with Crippen LogP contribution in [0.25, 0.3) is 10.8 Å². The van der Waals surface area contributed by atoms with Gasteiger partial charge in [-0.15, -0.1) is 0 Å². The van der Waals surface area contributed by atoms with Crippen molar-refractivity contribution in [2.75, 3.05) is 32.7 Å². The van der Waals surface area contributed by atoms with Gasteiger partial charge in [0.2, 0.25) is 11.8 Å². The first-order valence-corrected chi connectivity index (χ1v) is 11.9. The van der Waals surface area contributed by atoms with Crippen LogP contribution in [0.3, 0.4) is 0 Å². The van der Waals surface area contributed by atoms with Crippen LogP contribution in [-0.2, 0) is 9.59 Å². The molecular formula is C26H33N3O3. The van der Waals surface area contributed by atoms with E-state index in [4.69, 9.17) is 0 Å². The average Bonchev–Trinajstić information content (AvgIpc) is 2.86. The number of carbonyl (C=O) groups is 3. The normalized spacial score (nSPS) is 19.7. The Balaban J connectivity index is 1.37. The number of hydrogen-bond acceptors (Lipinski definition) is 3. The Morgan fingerprint density at radius 1 is 0.906 bits per heavy atom. The summed E-state index contributed by atoms with van der Waals surface area (Å²) in [5, 5.41) is 4.97. The number of amides is 3. The molecular weight excluding hydrogens is 402 g/mol. The second kappa shape index (κ2) is 10.2. The summed E-state index contributed by atoms with van der Waals surface area (Å²) in [6.07, 6.45) is 4.01. The van der Waals surface area contributed by atoms with E-state index in [1.54, 1.807) is 0 Å². The van der Waals surface area contributed by atoms with Gasteiger partial charge in [0.05, 0.1) is 5.92 Å². The largest absolute Gasteiger partial charge is 0.356 e. The van der Waals surface area contributed by atoms with Gasteiger partial charge in [-0.05, 0) is 48.9 Å². The number of benzene rings is 2. The van der Waals surface area contributed by atoms with E-state index < -0.39 is 0 Å². The number of rotatable bonds is 5. The maximum atomic E-state index is 13.3. The first-order valence-electron chi connectivity index (χ1n) is 11.9. The zero-order valence-corrected chi connectivity index (χ0v) is 18.9. The average molecular weight is 436 g/mol. The molecule has 2 aromatic rings. The number of carbonyl (C=O) groups excluding carboxylic acids is 3. The van der Waals surface area contributed by atoms with Crippen molar-refractivity contribution in [3.8, 4) is 0 Å². The lowest BCUT2D eigenvalue weighted by atomic mass is 9.92. The molecule has 170 valence electrons. The van der Waals surface area contributed by atoms with Gasteiger partial charge in [-0.25, -0.2) is 0 Å². The zero-order chi connectivity index (χ0) is 22.5. The summed E-state index contributed by atoms with van der Waals surface area (Å²) in [7, 11) is 0. The van der Waals surface area contributed by atoms with Crippen LogP contribution in [0.2, 0.25) is 0 Å². The van der Waals surface area contributed by atoms with Crippen molar-refractivity contribution in [3.63, 3.8) is 0 Å². The van der Waals surface area contributed by atoms with Crippen molar-refractivity contribution in [3.05, 3.63) is 48.0 Å². The van der Waals surface area contributed by atoms with Crippen LogP contribution in [0.1, 0.15) is 49.4 Å². The molecule has 1 atom stereocenters. The lowest BCUT2D eigenvalue weighted by Gasteiger charge is -2.37. The van der Waals surface area contributed by atoms with Gasteiger partial charge in [0.1, 0.15) is 0 Å². The molecule has 6 heteroatoms. The standard InChI is InChI=1S/C26H33N3O3/c1-2-14-27-24(30)20-12-16-28(17-13-20)25(31)21-9-6-15-29(18-21)26(32)23-11-5-8-19-7-3-4-10-22(19)23/h3-5,7-8,10-11,20-21H,2,6,9,12-18H2,1H3,(H,27,30). The summed E-state index contributed by atoms with van der Waals surface area (Å²) in [4.78, 5) is 42.5. The van der Waals surface area contributed by atoms with E-state index in [-0.39, 0.29) is 29.6 Å². The van der Waals surface area contributed by atoms with Gasteiger partial charge < -0.3 is 15.1 Å². The first-order chi connectivity index (χ1) is 15.6. The highest BCUT2D eigenvalue weighted by Gasteiger charge is 2.34. The Labute approximate surface area is 189 Å². The van der Waals surface area contributed by atoms with Gasteiger partial charge >= 0.3 is 0 Å². The predicted octanol–water partition coefficient (Wildman–Crippen LogP) is 3.46. The van der Waals surface area contributed by atoms with E-state index in [9.17, 15) is 14.4 Å². The van der Waals surface area contributed by atoms with Crippen LogP contribution >= 0.6 is 0 Å². The van der Waals surface area contributed by atoms with Gasteiger partial charge in [-0.3, -0.25) is 14.4 Å². The van der Waals surface area contributed by atoms with E-state index >= 15 is 0 Å². The highest BCUT2D eigenvalue weighted by Crippen LogP contribution is 2.26. The molecule has 6 nitrogen and oxygen atoms in total. The van der Waals surface area contributed by atoms with Gasteiger partial charge in [0.15, 0.2) is 0 Å². The minimum atomic E-state index is -0.159. The highest BCUT2D eigenvalue weighted by molar-refractivity contribution is 6.07. The van der Waals surface area contributed by atoms with E-state index in [0.29, 0.717) is 51.1 Å². The zero-order valence-electron chi connectivity index (χ0n) is 18.9. The maximum absolute atomic E-state index is 13.3. The monoisotopic (exact) mass is 435 g/mol. The second-order valence-corrected chi connectivity index (χ2v) is 9.01.